The van der Waals surface area contributed by atoms with E-state index in [9.17, 15) is 13.6 Å². The highest BCUT2D eigenvalue weighted by molar-refractivity contribution is 7.74. The Kier molecular flexibility index (Phi) is 6.56. The van der Waals surface area contributed by atoms with Crippen LogP contribution in [0.1, 0.15) is 38.0 Å². The van der Waals surface area contributed by atoms with Crippen molar-refractivity contribution in [2.24, 2.45) is 0 Å². The van der Waals surface area contributed by atoms with Crippen molar-refractivity contribution in [3.63, 3.8) is 0 Å². The Morgan fingerprint density at radius 3 is 2.56 bits per heavy atom. The third-order valence-electron chi connectivity index (χ3n) is 3.67. The summed E-state index contributed by atoms with van der Waals surface area (Å²) in [6.45, 7) is 8.26. The molecule has 1 aliphatic rings. The number of ether oxygens (including phenoxy) is 2. The first kappa shape index (κ1) is 19.8. The van der Waals surface area contributed by atoms with Crippen molar-refractivity contribution >= 4 is 17.5 Å². The fraction of sp³-hybridized carbons (Fsp3) is 0.588. The van der Waals surface area contributed by atoms with E-state index in [1.807, 2.05) is 31.2 Å². The fourth-order valence-electron chi connectivity index (χ4n) is 2.53. The largest absolute Gasteiger partial charge is 0.444 e. The van der Waals surface area contributed by atoms with E-state index < -0.39 is 35.3 Å². The monoisotopic (exact) mass is 371 g/mol. The van der Waals surface area contributed by atoms with Crippen molar-refractivity contribution in [3.8, 4) is 0 Å². The summed E-state index contributed by atoms with van der Waals surface area (Å²) in [6, 6.07) is 7.42. The molecule has 8 heteroatoms. The van der Waals surface area contributed by atoms with Crippen LogP contribution in [-0.2, 0) is 25.0 Å². The predicted molar refractivity (Wildman–Crippen MR) is 93.3 cm³/mol. The molecule has 0 aromatic heterocycles. The number of carbonyl (C=O) groups is 1. The predicted octanol–water partition coefficient (Wildman–Crippen LogP) is 2.83. The zero-order chi connectivity index (χ0) is 18.6. The second kappa shape index (κ2) is 8.27. The number of hydrogen-bond acceptors (Lipinski definition) is 5. The maximum absolute atomic E-state index is 12.3. The molecule has 0 radical (unpaired) electrons. The van der Waals surface area contributed by atoms with Crippen LogP contribution in [-0.4, -0.2) is 51.2 Å². The summed E-state index contributed by atoms with van der Waals surface area (Å²) in [4.78, 5) is 13.8. The minimum absolute atomic E-state index is 0.213. The molecule has 0 aliphatic carbocycles. The second-order valence-electron chi connectivity index (χ2n) is 6.98. The van der Waals surface area contributed by atoms with Crippen molar-refractivity contribution in [3.05, 3.63) is 35.4 Å². The van der Waals surface area contributed by atoms with Crippen molar-refractivity contribution in [2.45, 2.75) is 45.5 Å². The normalized spacial score (nSPS) is 20.8. The first-order valence-corrected chi connectivity index (χ1v) is 9.13. The van der Waals surface area contributed by atoms with Gasteiger partial charge in [-0.25, -0.2) is 4.79 Å². The van der Waals surface area contributed by atoms with E-state index in [4.69, 9.17) is 13.7 Å². The average molecular weight is 371 g/mol. The van der Waals surface area contributed by atoms with Crippen molar-refractivity contribution in [2.75, 3.05) is 19.7 Å². The molecule has 2 rings (SSSR count). The van der Waals surface area contributed by atoms with E-state index in [-0.39, 0.29) is 6.54 Å². The summed E-state index contributed by atoms with van der Waals surface area (Å²) in [7, 11) is 0. The summed E-state index contributed by atoms with van der Waals surface area (Å²) >= 11 is -2.46. The van der Waals surface area contributed by atoms with Crippen LogP contribution in [0.2, 0.25) is 0 Å². The van der Waals surface area contributed by atoms with Crippen LogP contribution < -0.4 is 0 Å². The van der Waals surface area contributed by atoms with E-state index in [1.165, 1.54) is 4.90 Å². The van der Waals surface area contributed by atoms with Crippen molar-refractivity contribution in [1.29, 1.82) is 0 Å². The summed E-state index contributed by atoms with van der Waals surface area (Å²) in [5, 5.41) is 0. The highest BCUT2D eigenvalue weighted by atomic mass is 32.2. The van der Waals surface area contributed by atoms with Gasteiger partial charge in [-0.05, 0) is 33.3 Å². The minimum atomic E-state index is -2.46. The van der Waals surface area contributed by atoms with Gasteiger partial charge in [0.05, 0.1) is 13.2 Å². The summed E-state index contributed by atoms with van der Waals surface area (Å²) in [6.07, 6.45) is -1.77. The maximum Gasteiger partial charge on any atom is 0.410 e. The molecule has 0 spiro atoms. The van der Waals surface area contributed by atoms with Gasteiger partial charge in [0.25, 0.3) is 0 Å². The van der Waals surface area contributed by atoms with E-state index in [2.05, 4.69) is 0 Å². The zero-order valence-corrected chi connectivity index (χ0v) is 15.7. The number of nitrogens with zero attached hydrogens (tertiary/aromatic N) is 1. The number of carbonyl (C=O) groups excluding carboxylic acids is 1. The zero-order valence-electron chi connectivity index (χ0n) is 14.9. The van der Waals surface area contributed by atoms with Crippen LogP contribution in [0.3, 0.4) is 0 Å². The molecular weight excluding hydrogens is 346 g/mol. The molecule has 1 aliphatic heterocycles. The Labute approximate surface area is 150 Å². The average Bonchev–Trinajstić information content (AvgIpc) is 2.52. The van der Waals surface area contributed by atoms with Crippen LogP contribution in [0.5, 0.6) is 0 Å². The highest BCUT2D eigenvalue weighted by Crippen LogP contribution is 2.28. The molecule has 1 aromatic rings. The Balaban J connectivity index is 2.15. The van der Waals surface area contributed by atoms with Gasteiger partial charge in [-0.15, -0.1) is 0 Å². The molecule has 1 N–H and O–H groups in total. The van der Waals surface area contributed by atoms with Crippen LogP contribution in [0.4, 0.5) is 4.79 Å². The molecule has 7 nitrogen and oxygen atoms in total. The van der Waals surface area contributed by atoms with Gasteiger partial charge < -0.3 is 14.4 Å². The van der Waals surface area contributed by atoms with Gasteiger partial charge in [0, 0.05) is 6.54 Å². The number of benzene rings is 1. The molecule has 1 aromatic carbocycles. The van der Waals surface area contributed by atoms with Gasteiger partial charge in [0.15, 0.2) is 0 Å². The molecule has 25 heavy (non-hydrogen) atoms. The summed E-state index contributed by atoms with van der Waals surface area (Å²) in [5.41, 5.74) is 1.18. The van der Waals surface area contributed by atoms with E-state index in [0.29, 0.717) is 18.7 Å². The van der Waals surface area contributed by atoms with Gasteiger partial charge in [-0.3, -0.25) is 8.74 Å². The third kappa shape index (κ3) is 6.07. The summed E-state index contributed by atoms with van der Waals surface area (Å²) in [5.74, 6) is 0. The SMILES string of the molecule is Cc1ccc(C(OS(=O)O)C2CN(C(=O)OC(C)(C)C)CCO2)cc1. The van der Waals surface area contributed by atoms with Crippen molar-refractivity contribution < 1.29 is 27.2 Å². The Morgan fingerprint density at radius 2 is 2.00 bits per heavy atom. The standard InChI is InChI=1S/C17H25NO6S/c1-12-5-7-13(8-6-12)15(24-25(20)21)14-11-18(9-10-22-14)16(19)23-17(2,3)4/h5-8,14-15H,9-11H2,1-4H3,(H,20,21). The number of morpholine rings is 1. The maximum atomic E-state index is 12.3. The molecule has 3 atom stereocenters. The second-order valence-corrected chi connectivity index (χ2v) is 7.61. The number of hydrogen-bond donors (Lipinski definition) is 1. The minimum Gasteiger partial charge on any atom is -0.444 e. The van der Waals surface area contributed by atoms with Gasteiger partial charge in [-0.1, -0.05) is 29.8 Å². The fourth-order valence-corrected chi connectivity index (χ4v) is 2.94. The number of rotatable bonds is 4. The van der Waals surface area contributed by atoms with Crippen LogP contribution in [0.25, 0.3) is 0 Å². The molecule has 0 saturated carbocycles. The smallest absolute Gasteiger partial charge is 0.410 e. The molecule has 1 saturated heterocycles. The molecule has 1 heterocycles. The first-order chi connectivity index (χ1) is 11.7. The van der Waals surface area contributed by atoms with E-state index >= 15 is 0 Å². The lowest BCUT2D eigenvalue weighted by atomic mass is 10.0. The lowest BCUT2D eigenvalue weighted by Crippen LogP contribution is -2.49. The first-order valence-electron chi connectivity index (χ1n) is 8.10. The third-order valence-corrected chi connectivity index (χ3v) is 4.05. The molecule has 0 bridgehead atoms. The van der Waals surface area contributed by atoms with Gasteiger partial charge in [-0.2, -0.15) is 4.21 Å². The topological polar surface area (TPSA) is 85.3 Å². The summed E-state index contributed by atoms with van der Waals surface area (Å²) < 4.78 is 36.7. The quantitative estimate of drug-likeness (QED) is 0.819. The van der Waals surface area contributed by atoms with Gasteiger partial charge in [0.2, 0.25) is 0 Å². The van der Waals surface area contributed by atoms with Crippen molar-refractivity contribution in [1.82, 2.24) is 4.90 Å². The van der Waals surface area contributed by atoms with Gasteiger partial charge >= 0.3 is 17.5 Å². The van der Waals surface area contributed by atoms with Crippen LogP contribution in [0.15, 0.2) is 24.3 Å². The molecule has 140 valence electrons. The van der Waals surface area contributed by atoms with Crippen LogP contribution >= 0.6 is 0 Å². The number of amides is 1. The molecule has 1 amide bonds. The Hall–Kier alpha value is -1.48. The lowest BCUT2D eigenvalue weighted by Gasteiger charge is -2.36. The van der Waals surface area contributed by atoms with Crippen LogP contribution in [0, 0.1) is 6.92 Å². The Morgan fingerprint density at radius 1 is 1.36 bits per heavy atom. The van der Waals surface area contributed by atoms with E-state index in [1.54, 1.807) is 20.8 Å². The van der Waals surface area contributed by atoms with Gasteiger partial charge in [0.1, 0.15) is 17.8 Å². The Bertz CT molecular complexity index is 613. The highest BCUT2D eigenvalue weighted by Gasteiger charge is 2.35. The molecular formula is C17H25NO6S. The molecule has 1 fully saturated rings. The van der Waals surface area contributed by atoms with E-state index in [0.717, 1.165) is 5.56 Å². The lowest BCUT2D eigenvalue weighted by molar-refractivity contribution is -0.0825. The number of aryl methyl sites for hydroxylation is 1. The molecule has 3 unspecified atom stereocenters.